The van der Waals surface area contributed by atoms with E-state index in [4.69, 9.17) is 9.92 Å². The van der Waals surface area contributed by atoms with Gasteiger partial charge in [0.05, 0.1) is 5.69 Å². The van der Waals surface area contributed by atoms with Crippen molar-refractivity contribution in [3.63, 3.8) is 0 Å². The summed E-state index contributed by atoms with van der Waals surface area (Å²) in [4.78, 5) is 18.5. The number of hydrogen-bond donors (Lipinski definition) is 2. The van der Waals surface area contributed by atoms with E-state index in [0.717, 1.165) is 31.2 Å². The van der Waals surface area contributed by atoms with Crippen LogP contribution < -0.4 is 15.6 Å². The van der Waals surface area contributed by atoms with E-state index in [1.807, 2.05) is 41.1 Å². The lowest BCUT2D eigenvalue weighted by Crippen LogP contribution is -2.19. The lowest BCUT2D eigenvalue weighted by molar-refractivity contribution is 0.468. The molecule has 2 unspecified atom stereocenters. The van der Waals surface area contributed by atoms with Crippen LogP contribution in [0.4, 0.5) is 10.2 Å². The Labute approximate surface area is 205 Å². The average Bonchev–Trinajstić information content (AvgIpc) is 3.10. The smallest absolute Gasteiger partial charge is 0.350 e. The van der Waals surface area contributed by atoms with Crippen LogP contribution in [0.1, 0.15) is 44.2 Å². The topological polar surface area (TPSA) is 98.8 Å². The zero-order valence-electron chi connectivity index (χ0n) is 17.5. The Morgan fingerprint density at radius 2 is 2.10 bits per heavy atom. The number of nitrogens with one attached hydrogen (secondary N) is 1. The van der Waals surface area contributed by atoms with E-state index >= 15 is 0 Å². The van der Waals surface area contributed by atoms with Crippen LogP contribution in [0.2, 0.25) is 0 Å². The molecule has 0 aliphatic heterocycles. The molecule has 2 aromatic heterocycles. The number of benzene rings is 1. The third kappa shape index (κ3) is 6.94. The van der Waals surface area contributed by atoms with E-state index in [1.165, 1.54) is 16.8 Å². The number of nitrogens with zero attached hydrogens (tertiary/aromatic N) is 3. The Morgan fingerprint density at radius 1 is 1.39 bits per heavy atom. The molecule has 168 valence electrons. The standard InChI is InChI=1S/C14H17FIN3O2S.C6H7BrN2/c1-4-8(2)9(3)11-7-10(15)5-6-12(11)19-14(20)17-13(18-19)21-22-16;1-4-2-5(7)3-9-6(4)8/h5-9H,4H2,1-3H3,(H,17,18,20);2-3H,1H3,(H2,8,9). The highest BCUT2D eigenvalue weighted by Gasteiger charge is 2.20. The first-order chi connectivity index (χ1) is 14.7. The Kier molecular flexibility index (Phi) is 9.82. The van der Waals surface area contributed by atoms with Crippen LogP contribution in [0.5, 0.6) is 6.01 Å². The van der Waals surface area contributed by atoms with Gasteiger partial charge in [-0.2, -0.15) is 4.68 Å². The number of hydrogen-bond acceptors (Lipinski definition) is 6. The van der Waals surface area contributed by atoms with Gasteiger partial charge in [-0.25, -0.2) is 14.2 Å². The molecule has 3 N–H and O–H groups in total. The van der Waals surface area contributed by atoms with Crippen molar-refractivity contribution < 1.29 is 8.57 Å². The first-order valence-electron chi connectivity index (χ1n) is 9.49. The quantitative estimate of drug-likeness (QED) is 0.260. The maximum Gasteiger partial charge on any atom is 0.350 e. The van der Waals surface area contributed by atoms with Crippen molar-refractivity contribution in [2.24, 2.45) is 5.92 Å². The third-order valence-corrected chi connectivity index (χ3v) is 6.19. The van der Waals surface area contributed by atoms with Gasteiger partial charge in [0, 0.05) is 31.9 Å². The first-order valence-corrected chi connectivity index (χ1v) is 13.6. The first kappa shape index (κ1) is 25.7. The zero-order valence-corrected chi connectivity index (χ0v) is 22.1. The second-order valence-electron chi connectivity index (χ2n) is 7.03. The van der Waals surface area contributed by atoms with E-state index in [0.29, 0.717) is 17.4 Å². The van der Waals surface area contributed by atoms with Gasteiger partial charge in [-0.1, -0.05) is 27.2 Å². The number of aromatic nitrogens is 4. The van der Waals surface area contributed by atoms with E-state index in [2.05, 4.69) is 44.8 Å². The fourth-order valence-corrected chi connectivity index (χ4v) is 3.92. The Hall–Kier alpha value is -1.60. The summed E-state index contributed by atoms with van der Waals surface area (Å²) in [5, 5.41) is 4.11. The number of anilines is 1. The summed E-state index contributed by atoms with van der Waals surface area (Å²) in [7, 11) is 1.06. The normalized spacial score (nSPS) is 12.6. The molecule has 0 saturated heterocycles. The highest BCUT2D eigenvalue weighted by Crippen LogP contribution is 2.31. The molecule has 0 saturated carbocycles. The molecule has 3 aromatic rings. The largest absolute Gasteiger partial charge is 0.383 e. The summed E-state index contributed by atoms with van der Waals surface area (Å²) in [6.45, 7) is 8.15. The molecule has 0 amide bonds. The summed E-state index contributed by atoms with van der Waals surface area (Å²) < 4.78 is 21.0. The summed E-state index contributed by atoms with van der Waals surface area (Å²) >= 11 is 5.21. The average molecular weight is 624 g/mol. The predicted molar refractivity (Wildman–Crippen MR) is 135 cm³/mol. The number of H-pyrrole nitrogens is 1. The van der Waals surface area contributed by atoms with Crippen LogP contribution in [0.25, 0.3) is 5.69 Å². The van der Waals surface area contributed by atoms with Gasteiger partial charge in [-0.15, -0.1) is 5.10 Å². The summed E-state index contributed by atoms with van der Waals surface area (Å²) in [6.07, 6.45) is 2.65. The minimum absolute atomic E-state index is 0.0996. The highest BCUT2D eigenvalue weighted by atomic mass is 127. The van der Waals surface area contributed by atoms with Crippen molar-refractivity contribution in [1.82, 2.24) is 19.7 Å². The number of rotatable bonds is 6. The molecule has 0 fully saturated rings. The van der Waals surface area contributed by atoms with E-state index < -0.39 is 5.69 Å². The molecule has 3 rings (SSSR count). The van der Waals surface area contributed by atoms with Crippen LogP contribution in [0.3, 0.4) is 0 Å². The Bertz CT molecular complexity index is 1080. The molecule has 31 heavy (non-hydrogen) atoms. The molecule has 1 aromatic carbocycles. The van der Waals surface area contributed by atoms with Crippen molar-refractivity contribution >= 4 is 52.2 Å². The SMILES string of the molecule is CCC(C)C(C)c1cc(F)ccc1-n1nc(OSI)[nH]c1=O.Cc1cc(Br)cnc1N. The lowest BCUT2D eigenvalue weighted by Gasteiger charge is -2.21. The summed E-state index contributed by atoms with van der Waals surface area (Å²) in [5.41, 5.74) is 7.38. The fraction of sp³-hybridized carbons (Fsp3) is 0.350. The zero-order chi connectivity index (χ0) is 23.1. The maximum absolute atomic E-state index is 13.7. The molecular formula is C20H24BrFIN5O2S. The van der Waals surface area contributed by atoms with Crippen LogP contribution in [-0.2, 0) is 0 Å². The Morgan fingerprint density at radius 3 is 2.68 bits per heavy atom. The minimum Gasteiger partial charge on any atom is -0.383 e. The van der Waals surface area contributed by atoms with Gasteiger partial charge < -0.3 is 9.92 Å². The third-order valence-electron chi connectivity index (χ3n) is 5.00. The van der Waals surface area contributed by atoms with Gasteiger partial charge in [0.15, 0.2) is 0 Å². The van der Waals surface area contributed by atoms with Crippen molar-refractivity contribution in [1.29, 1.82) is 0 Å². The van der Waals surface area contributed by atoms with Gasteiger partial charge in [0.1, 0.15) is 20.8 Å². The monoisotopic (exact) mass is 623 g/mol. The summed E-state index contributed by atoms with van der Waals surface area (Å²) in [5.74, 6) is 0.730. The van der Waals surface area contributed by atoms with Crippen molar-refractivity contribution in [3.8, 4) is 11.7 Å². The molecule has 11 heteroatoms. The molecule has 0 spiro atoms. The van der Waals surface area contributed by atoms with Crippen LogP contribution >= 0.6 is 46.3 Å². The summed E-state index contributed by atoms with van der Waals surface area (Å²) in [6, 6.07) is 6.43. The minimum atomic E-state index is -0.412. The molecular weight excluding hydrogens is 600 g/mol. The van der Waals surface area contributed by atoms with Crippen molar-refractivity contribution in [2.75, 3.05) is 5.73 Å². The number of nitrogens with two attached hydrogens (primary N) is 1. The lowest BCUT2D eigenvalue weighted by atomic mass is 9.86. The van der Waals surface area contributed by atoms with E-state index in [1.54, 1.807) is 12.3 Å². The van der Waals surface area contributed by atoms with Gasteiger partial charge in [-0.3, -0.25) is 4.98 Å². The van der Waals surface area contributed by atoms with Crippen LogP contribution in [0.15, 0.2) is 39.7 Å². The fourth-order valence-electron chi connectivity index (χ4n) is 2.83. The molecule has 7 nitrogen and oxygen atoms in total. The highest BCUT2D eigenvalue weighted by molar-refractivity contribution is 14.2. The molecule has 2 atom stereocenters. The van der Waals surface area contributed by atoms with Gasteiger partial charge in [0.2, 0.25) is 0 Å². The maximum atomic E-state index is 13.7. The van der Waals surface area contributed by atoms with Crippen LogP contribution in [0, 0.1) is 18.7 Å². The number of pyridine rings is 1. The number of aromatic amines is 1. The second-order valence-corrected chi connectivity index (χ2v) is 9.31. The number of aryl methyl sites for hydroxylation is 1. The van der Waals surface area contributed by atoms with E-state index in [-0.39, 0.29) is 17.7 Å². The molecule has 0 aliphatic rings. The second kappa shape index (κ2) is 11.9. The van der Waals surface area contributed by atoms with Crippen molar-refractivity contribution in [2.45, 2.75) is 40.0 Å². The molecule has 0 bridgehead atoms. The molecule has 2 heterocycles. The Balaban J connectivity index is 0.000000316. The van der Waals surface area contributed by atoms with Gasteiger partial charge >= 0.3 is 11.7 Å². The molecule has 0 aliphatic carbocycles. The van der Waals surface area contributed by atoms with Crippen molar-refractivity contribution in [3.05, 3.63) is 62.4 Å². The number of halogens is 3. The molecule has 0 radical (unpaired) electrons. The number of nitrogen functional groups attached to an aromatic ring is 1. The van der Waals surface area contributed by atoms with Gasteiger partial charge in [0.25, 0.3) is 0 Å². The van der Waals surface area contributed by atoms with Gasteiger partial charge in [-0.05, 0) is 70.1 Å². The predicted octanol–water partition coefficient (Wildman–Crippen LogP) is 5.96. The van der Waals surface area contributed by atoms with E-state index in [9.17, 15) is 9.18 Å². The van der Waals surface area contributed by atoms with Crippen LogP contribution in [-0.4, -0.2) is 19.7 Å².